The lowest BCUT2D eigenvalue weighted by Gasteiger charge is -2.15. The van der Waals surface area contributed by atoms with Crippen molar-refractivity contribution in [3.63, 3.8) is 0 Å². The Morgan fingerprint density at radius 2 is 1.97 bits per heavy atom. The predicted molar refractivity (Wildman–Crippen MR) is 150 cm³/mol. The van der Waals surface area contributed by atoms with Crippen LogP contribution in [0.1, 0.15) is 11.1 Å². The summed E-state index contributed by atoms with van der Waals surface area (Å²) in [5.41, 5.74) is 4.65. The number of carbonyl (C=O) groups is 1. The van der Waals surface area contributed by atoms with E-state index in [1.54, 1.807) is 22.9 Å². The Morgan fingerprint density at radius 3 is 2.77 bits per heavy atom. The number of anilines is 3. The van der Waals surface area contributed by atoms with Crippen molar-refractivity contribution in [2.24, 2.45) is 0 Å². The lowest BCUT2D eigenvalue weighted by Crippen LogP contribution is -2.12. The van der Waals surface area contributed by atoms with Crippen LogP contribution in [0.4, 0.5) is 17.1 Å². The third-order valence-electron chi connectivity index (χ3n) is 5.92. The number of amides is 1. The molecular formula is C29H26N8O2. The van der Waals surface area contributed by atoms with E-state index >= 15 is 0 Å². The number of aromatic nitrogens is 4. The summed E-state index contributed by atoms with van der Waals surface area (Å²) in [4.78, 5) is 22.9. The maximum atomic E-state index is 12.4. The Balaban J connectivity index is 1.40. The molecule has 194 valence electrons. The number of aryl methyl sites for hydroxylation is 1. The molecule has 0 radical (unpaired) electrons. The SMILES string of the molecule is Cc1cc(Nc2c(C#N)cnc3ccc(NC(=O)/C=C/CN(C)C)cc23)ccc1Oc1ccn2ncnc2c1. The third kappa shape index (κ3) is 5.84. The zero-order chi connectivity index (χ0) is 27.4. The molecule has 2 N–H and O–H groups in total. The van der Waals surface area contributed by atoms with Gasteiger partial charge in [-0.25, -0.2) is 9.50 Å². The zero-order valence-electron chi connectivity index (χ0n) is 21.7. The number of nitrogens with zero attached hydrogens (tertiary/aromatic N) is 6. The van der Waals surface area contributed by atoms with Crippen molar-refractivity contribution in [3.05, 3.63) is 90.5 Å². The standard InChI is InChI=1S/C29H26N8O2/c1-19-13-21(7-9-26(19)39-23-10-12-37-27(15-23)32-18-33-37)35-29-20(16-30)17-31-25-8-6-22(14-24(25)29)34-28(38)5-4-11-36(2)3/h4-10,12-15,17-18H,11H2,1-3H3,(H,31,35)(H,34,38)/b5-4+. The number of benzene rings is 2. The molecule has 0 bridgehead atoms. The smallest absolute Gasteiger partial charge is 0.248 e. The van der Waals surface area contributed by atoms with E-state index < -0.39 is 0 Å². The van der Waals surface area contributed by atoms with Gasteiger partial charge in [0.25, 0.3) is 0 Å². The second-order valence-corrected chi connectivity index (χ2v) is 9.18. The van der Waals surface area contributed by atoms with Crippen LogP contribution < -0.4 is 15.4 Å². The first-order chi connectivity index (χ1) is 18.9. The highest BCUT2D eigenvalue weighted by Crippen LogP contribution is 2.33. The van der Waals surface area contributed by atoms with Crippen molar-refractivity contribution < 1.29 is 9.53 Å². The third-order valence-corrected chi connectivity index (χ3v) is 5.92. The highest BCUT2D eigenvalue weighted by atomic mass is 16.5. The molecule has 1 amide bonds. The second-order valence-electron chi connectivity index (χ2n) is 9.18. The van der Waals surface area contributed by atoms with Crippen LogP contribution in [0.5, 0.6) is 11.5 Å². The van der Waals surface area contributed by atoms with Crippen LogP contribution in [0.2, 0.25) is 0 Å². The molecule has 10 heteroatoms. The van der Waals surface area contributed by atoms with Gasteiger partial charge in [0.05, 0.1) is 16.8 Å². The van der Waals surface area contributed by atoms with E-state index in [4.69, 9.17) is 4.74 Å². The zero-order valence-corrected chi connectivity index (χ0v) is 21.7. The molecule has 3 heterocycles. The summed E-state index contributed by atoms with van der Waals surface area (Å²) in [5.74, 6) is 1.11. The molecule has 0 aliphatic heterocycles. The maximum absolute atomic E-state index is 12.4. The first-order valence-corrected chi connectivity index (χ1v) is 12.2. The molecule has 0 fully saturated rings. The number of nitrogens with one attached hydrogen (secondary N) is 2. The van der Waals surface area contributed by atoms with Crippen LogP contribution in [-0.2, 0) is 4.79 Å². The van der Waals surface area contributed by atoms with E-state index in [2.05, 4.69) is 31.8 Å². The summed E-state index contributed by atoms with van der Waals surface area (Å²) in [5, 5.41) is 20.9. The van der Waals surface area contributed by atoms with E-state index in [1.165, 1.54) is 18.6 Å². The highest BCUT2D eigenvalue weighted by molar-refractivity contribution is 6.03. The fourth-order valence-electron chi connectivity index (χ4n) is 4.02. The fourth-order valence-corrected chi connectivity index (χ4v) is 4.02. The van der Waals surface area contributed by atoms with Crippen molar-refractivity contribution >= 4 is 39.5 Å². The molecule has 5 aromatic rings. The summed E-state index contributed by atoms with van der Waals surface area (Å²) in [6, 6.07) is 17.0. The fraction of sp³-hybridized carbons (Fsp3) is 0.138. The summed E-state index contributed by atoms with van der Waals surface area (Å²) < 4.78 is 7.75. The molecule has 0 spiro atoms. The van der Waals surface area contributed by atoms with Crippen LogP contribution >= 0.6 is 0 Å². The van der Waals surface area contributed by atoms with Crippen molar-refractivity contribution in [2.45, 2.75) is 6.92 Å². The minimum Gasteiger partial charge on any atom is -0.457 e. The number of rotatable bonds is 8. The van der Waals surface area contributed by atoms with Gasteiger partial charge in [0.15, 0.2) is 5.65 Å². The van der Waals surface area contributed by atoms with E-state index in [-0.39, 0.29) is 5.91 Å². The number of hydrogen-bond acceptors (Lipinski definition) is 8. The van der Waals surface area contributed by atoms with Crippen molar-refractivity contribution in [2.75, 3.05) is 31.3 Å². The van der Waals surface area contributed by atoms with Gasteiger partial charge in [0.2, 0.25) is 5.91 Å². The summed E-state index contributed by atoms with van der Waals surface area (Å²) in [6.07, 6.45) is 8.12. The van der Waals surface area contributed by atoms with Gasteiger partial charge in [-0.05, 0) is 69.0 Å². The average molecular weight is 519 g/mol. The Morgan fingerprint density at radius 1 is 1.13 bits per heavy atom. The number of carbonyl (C=O) groups excluding carboxylic acids is 1. The molecule has 5 rings (SSSR count). The van der Waals surface area contributed by atoms with E-state index in [1.807, 2.05) is 68.4 Å². The number of nitriles is 1. The van der Waals surface area contributed by atoms with Gasteiger partial charge < -0.3 is 20.3 Å². The minimum atomic E-state index is -0.232. The molecule has 0 aliphatic carbocycles. The molecule has 39 heavy (non-hydrogen) atoms. The molecule has 0 saturated carbocycles. The van der Waals surface area contributed by atoms with E-state index in [0.29, 0.717) is 51.5 Å². The molecule has 0 unspecified atom stereocenters. The lowest BCUT2D eigenvalue weighted by atomic mass is 10.1. The second kappa shape index (κ2) is 11.0. The van der Waals surface area contributed by atoms with Gasteiger partial charge in [0, 0.05) is 47.8 Å². The van der Waals surface area contributed by atoms with E-state index in [0.717, 1.165) is 11.3 Å². The number of fused-ring (bicyclic) bond motifs is 2. The summed E-state index contributed by atoms with van der Waals surface area (Å²) in [6.45, 7) is 2.61. The number of pyridine rings is 2. The van der Waals surface area contributed by atoms with Gasteiger partial charge in [-0.1, -0.05) is 6.08 Å². The number of hydrogen-bond donors (Lipinski definition) is 2. The largest absolute Gasteiger partial charge is 0.457 e. The summed E-state index contributed by atoms with van der Waals surface area (Å²) >= 11 is 0. The Labute approximate surface area is 225 Å². The monoisotopic (exact) mass is 518 g/mol. The molecule has 0 aliphatic rings. The molecule has 0 atom stereocenters. The van der Waals surface area contributed by atoms with Crippen LogP contribution in [0.25, 0.3) is 16.6 Å². The van der Waals surface area contributed by atoms with Gasteiger partial charge in [-0.3, -0.25) is 9.78 Å². The Hall–Kier alpha value is -5.27. The average Bonchev–Trinajstić information content (AvgIpc) is 3.38. The molecule has 10 nitrogen and oxygen atoms in total. The van der Waals surface area contributed by atoms with Crippen LogP contribution in [0, 0.1) is 18.3 Å². The van der Waals surface area contributed by atoms with Gasteiger partial charge in [0.1, 0.15) is 23.9 Å². The highest BCUT2D eigenvalue weighted by Gasteiger charge is 2.12. The van der Waals surface area contributed by atoms with E-state index in [9.17, 15) is 10.1 Å². The molecular weight excluding hydrogens is 492 g/mol. The van der Waals surface area contributed by atoms with Crippen LogP contribution in [0.15, 0.2) is 79.4 Å². The van der Waals surface area contributed by atoms with Gasteiger partial charge >= 0.3 is 0 Å². The lowest BCUT2D eigenvalue weighted by molar-refractivity contribution is -0.111. The minimum absolute atomic E-state index is 0.232. The maximum Gasteiger partial charge on any atom is 0.248 e. The van der Waals surface area contributed by atoms with Gasteiger partial charge in [-0.15, -0.1) is 0 Å². The quantitative estimate of drug-likeness (QED) is 0.274. The van der Waals surface area contributed by atoms with Crippen molar-refractivity contribution in [1.29, 1.82) is 5.26 Å². The van der Waals surface area contributed by atoms with Crippen LogP contribution in [-0.4, -0.2) is 51.0 Å². The molecule has 2 aromatic carbocycles. The Bertz CT molecular complexity index is 1750. The van der Waals surface area contributed by atoms with Crippen molar-refractivity contribution in [3.8, 4) is 17.6 Å². The van der Waals surface area contributed by atoms with Crippen molar-refractivity contribution in [1.82, 2.24) is 24.5 Å². The normalized spacial score (nSPS) is 11.3. The molecule has 3 aromatic heterocycles. The Kier molecular flexibility index (Phi) is 7.16. The van der Waals surface area contributed by atoms with Crippen LogP contribution in [0.3, 0.4) is 0 Å². The topological polar surface area (TPSA) is 120 Å². The molecule has 0 saturated heterocycles. The van der Waals surface area contributed by atoms with Gasteiger partial charge in [-0.2, -0.15) is 10.4 Å². The number of likely N-dealkylation sites (N-methyl/N-ethyl adjacent to an activating group) is 1. The first-order valence-electron chi connectivity index (χ1n) is 12.2. The number of ether oxygens (including phenoxy) is 1. The summed E-state index contributed by atoms with van der Waals surface area (Å²) in [7, 11) is 3.86. The first kappa shape index (κ1) is 25.4. The predicted octanol–water partition coefficient (Wildman–Crippen LogP) is 5.05.